The summed E-state index contributed by atoms with van der Waals surface area (Å²) in [6.45, 7) is 0.973. The lowest BCUT2D eigenvalue weighted by Crippen LogP contribution is -2.35. The van der Waals surface area contributed by atoms with Gasteiger partial charge in [0.2, 0.25) is 5.95 Å². The van der Waals surface area contributed by atoms with Crippen LogP contribution in [0.3, 0.4) is 0 Å². The maximum Gasteiger partial charge on any atom is 0.410 e. The molecule has 0 aromatic carbocycles. The molecule has 0 spiro atoms. The molecule has 5 heterocycles. The Labute approximate surface area is 206 Å². The SMILES string of the molecule is N#Cc1cc(-c2ccnc(Nc3ccc(CN4C(=O)OCC4CO)nc3)n2)cnc1N1CCC(F)C1. The van der Waals surface area contributed by atoms with Gasteiger partial charge in [0.1, 0.15) is 24.7 Å². The van der Waals surface area contributed by atoms with Gasteiger partial charge >= 0.3 is 6.09 Å². The largest absolute Gasteiger partial charge is 0.447 e. The number of nitriles is 1. The van der Waals surface area contributed by atoms with Gasteiger partial charge in [0, 0.05) is 24.5 Å². The summed E-state index contributed by atoms with van der Waals surface area (Å²) in [5.74, 6) is 0.806. The lowest BCUT2D eigenvalue weighted by atomic mass is 10.1. The van der Waals surface area contributed by atoms with E-state index in [4.69, 9.17) is 4.74 Å². The second-order valence-electron chi connectivity index (χ2n) is 8.51. The van der Waals surface area contributed by atoms with Gasteiger partial charge < -0.3 is 20.1 Å². The highest BCUT2D eigenvalue weighted by Crippen LogP contribution is 2.27. The number of ether oxygens (including phenoxy) is 1. The molecular formula is C24H23FN8O3. The van der Waals surface area contributed by atoms with Crippen molar-refractivity contribution >= 4 is 23.5 Å². The van der Waals surface area contributed by atoms with Crippen molar-refractivity contribution in [3.05, 3.63) is 54.1 Å². The minimum absolute atomic E-state index is 0.160. The van der Waals surface area contributed by atoms with Crippen LogP contribution in [0.25, 0.3) is 11.3 Å². The molecule has 5 rings (SSSR count). The summed E-state index contributed by atoms with van der Waals surface area (Å²) >= 11 is 0. The van der Waals surface area contributed by atoms with E-state index >= 15 is 0 Å². The summed E-state index contributed by atoms with van der Waals surface area (Å²) in [4.78, 5) is 32.6. The topological polar surface area (TPSA) is 140 Å². The first kappa shape index (κ1) is 23.4. The summed E-state index contributed by atoms with van der Waals surface area (Å²) in [6, 6.07) is 8.72. The highest BCUT2D eigenvalue weighted by atomic mass is 19.1. The number of pyridine rings is 2. The number of nitrogens with zero attached hydrogens (tertiary/aromatic N) is 7. The van der Waals surface area contributed by atoms with Crippen molar-refractivity contribution in [2.24, 2.45) is 0 Å². The molecule has 2 unspecified atom stereocenters. The molecule has 1 amide bonds. The van der Waals surface area contributed by atoms with E-state index in [1.807, 2.05) is 0 Å². The molecule has 2 atom stereocenters. The normalized spacial score (nSPS) is 19.3. The average molecular weight is 490 g/mol. The molecule has 0 saturated carbocycles. The highest BCUT2D eigenvalue weighted by molar-refractivity contribution is 5.70. The number of aliphatic hydroxyl groups excluding tert-OH is 1. The van der Waals surface area contributed by atoms with Gasteiger partial charge in [-0.05, 0) is 30.7 Å². The third-order valence-electron chi connectivity index (χ3n) is 6.07. The van der Waals surface area contributed by atoms with E-state index in [2.05, 4.69) is 31.3 Å². The fourth-order valence-corrected chi connectivity index (χ4v) is 4.15. The zero-order chi connectivity index (χ0) is 25.1. The van der Waals surface area contributed by atoms with Crippen LogP contribution in [0, 0.1) is 11.3 Å². The molecule has 2 aliphatic rings. The number of anilines is 3. The van der Waals surface area contributed by atoms with Crippen molar-refractivity contribution in [1.82, 2.24) is 24.8 Å². The first-order chi connectivity index (χ1) is 17.5. The molecule has 2 N–H and O–H groups in total. The zero-order valence-electron chi connectivity index (χ0n) is 19.2. The van der Waals surface area contributed by atoms with Crippen LogP contribution in [0.1, 0.15) is 17.7 Å². The van der Waals surface area contributed by atoms with Crippen molar-refractivity contribution < 1.29 is 19.0 Å². The van der Waals surface area contributed by atoms with Gasteiger partial charge in [-0.15, -0.1) is 0 Å². The number of aliphatic hydroxyl groups is 1. The zero-order valence-corrected chi connectivity index (χ0v) is 19.2. The number of nitrogens with one attached hydrogen (secondary N) is 1. The maximum absolute atomic E-state index is 13.6. The van der Waals surface area contributed by atoms with Gasteiger partial charge in [0.25, 0.3) is 0 Å². The first-order valence-corrected chi connectivity index (χ1v) is 11.4. The Morgan fingerprint density at radius 2 is 2.14 bits per heavy atom. The third kappa shape index (κ3) is 4.87. The van der Waals surface area contributed by atoms with E-state index in [-0.39, 0.29) is 32.3 Å². The van der Waals surface area contributed by atoms with E-state index in [1.54, 1.807) is 47.8 Å². The number of aromatic nitrogens is 4. The van der Waals surface area contributed by atoms with E-state index in [9.17, 15) is 19.6 Å². The van der Waals surface area contributed by atoms with Crippen LogP contribution in [-0.4, -0.2) is 74.6 Å². The molecule has 184 valence electrons. The summed E-state index contributed by atoms with van der Waals surface area (Å²) in [7, 11) is 0. The van der Waals surface area contributed by atoms with Crippen LogP contribution < -0.4 is 10.2 Å². The van der Waals surface area contributed by atoms with E-state index < -0.39 is 12.3 Å². The summed E-state index contributed by atoms with van der Waals surface area (Å²) in [6.07, 6.45) is 3.85. The lowest BCUT2D eigenvalue weighted by Gasteiger charge is -2.19. The average Bonchev–Trinajstić information content (AvgIpc) is 3.50. The first-order valence-electron chi connectivity index (χ1n) is 11.4. The Balaban J connectivity index is 1.29. The Morgan fingerprint density at radius 3 is 2.86 bits per heavy atom. The highest BCUT2D eigenvalue weighted by Gasteiger charge is 2.32. The smallest absolute Gasteiger partial charge is 0.410 e. The molecule has 0 radical (unpaired) electrons. The van der Waals surface area contributed by atoms with Crippen molar-refractivity contribution in [2.75, 3.05) is 36.5 Å². The number of hydrogen-bond donors (Lipinski definition) is 2. The minimum Gasteiger partial charge on any atom is -0.447 e. The van der Waals surface area contributed by atoms with Gasteiger partial charge in [0.05, 0.1) is 54.6 Å². The number of rotatable bonds is 7. The van der Waals surface area contributed by atoms with Crippen LogP contribution in [0.2, 0.25) is 0 Å². The predicted molar refractivity (Wildman–Crippen MR) is 127 cm³/mol. The Kier molecular flexibility index (Phi) is 6.55. The molecule has 2 saturated heterocycles. The molecule has 11 nitrogen and oxygen atoms in total. The molecule has 3 aromatic rings. The Bertz CT molecular complexity index is 1300. The van der Waals surface area contributed by atoms with Gasteiger partial charge in [0.15, 0.2) is 0 Å². The number of carbonyl (C=O) groups is 1. The number of halogens is 1. The third-order valence-corrected chi connectivity index (χ3v) is 6.07. The quantitative estimate of drug-likeness (QED) is 0.507. The van der Waals surface area contributed by atoms with Crippen LogP contribution in [0.4, 0.5) is 26.6 Å². The van der Waals surface area contributed by atoms with Gasteiger partial charge in [-0.1, -0.05) is 0 Å². The lowest BCUT2D eigenvalue weighted by molar-refractivity contribution is 0.150. The number of amides is 1. The Morgan fingerprint density at radius 1 is 1.25 bits per heavy atom. The molecule has 2 aliphatic heterocycles. The van der Waals surface area contributed by atoms with Crippen LogP contribution in [0.5, 0.6) is 0 Å². The molecular weight excluding hydrogens is 467 g/mol. The minimum atomic E-state index is -0.911. The van der Waals surface area contributed by atoms with Crippen LogP contribution in [0.15, 0.2) is 42.9 Å². The standard InChI is InChI=1S/C24H23FN8O3/c25-17-4-6-32(11-17)22-15(8-26)7-16(9-29-22)21-3-5-27-23(31-21)30-18-1-2-19(28-10-18)12-33-20(13-34)14-36-24(33)35/h1-3,5,7,9-10,17,20,34H,4,6,11-14H2,(H,27,30,31). The van der Waals surface area contributed by atoms with Crippen LogP contribution in [-0.2, 0) is 11.3 Å². The second kappa shape index (κ2) is 10.1. The molecule has 3 aromatic heterocycles. The predicted octanol–water partition coefficient (Wildman–Crippen LogP) is 2.41. The molecule has 2 fully saturated rings. The van der Waals surface area contributed by atoms with E-state index in [0.717, 1.165) is 0 Å². The summed E-state index contributed by atoms with van der Waals surface area (Å²) in [5, 5.41) is 22.1. The van der Waals surface area contributed by atoms with Crippen molar-refractivity contribution in [3.8, 4) is 17.3 Å². The maximum atomic E-state index is 13.6. The fraction of sp³-hybridized carbons (Fsp3) is 0.333. The van der Waals surface area contributed by atoms with Gasteiger partial charge in [-0.2, -0.15) is 5.26 Å². The van der Waals surface area contributed by atoms with Crippen LogP contribution >= 0.6 is 0 Å². The number of alkyl halides is 1. The number of carbonyl (C=O) groups excluding carboxylic acids is 1. The van der Waals surface area contributed by atoms with Crippen molar-refractivity contribution in [3.63, 3.8) is 0 Å². The van der Waals surface area contributed by atoms with Crippen molar-refractivity contribution in [1.29, 1.82) is 5.26 Å². The Hall–Kier alpha value is -4.37. The van der Waals surface area contributed by atoms with E-state index in [1.165, 1.54) is 4.90 Å². The molecule has 36 heavy (non-hydrogen) atoms. The number of hydrogen-bond acceptors (Lipinski definition) is 10. The van der Waals surface area contributed by atoms with E-state index in [0.29, 0.717) is 52.9 Å². The molecule has 12 heteroatoms. The second-order valence-corrected chi connectivity index (χ2v) is 8.51. The number of cyclic esters (lactones) is 1. The van der Waals surface area contributed by atoms with Crippen molar-refractivity contribution in [2.45, 2.75) is 25.2 Å². The summed E-state index contributed by atoms with van der Waals surface area (Å²) in [5.41, 5.74) is 2.85. The summed E-state index contributed by atoms with van der Waals surface area (Å²) < 4.78 is 18.6. The van der Waals surface area contributed by atoms with Gasteiger partial charge in [-0.25, -0.2) is 24.1 Å². The fourth-order valence-electron chi connectivity index (χ4n) is 4.15. The molecule has 0 aliphatic carbocycles. The monoisotopic (exact) mass is 490 g/mol. The van der Waals surface area contributed by atoms with Gasteiger partial charge in [-0.3, -0.25) is 9.88 Å². The molecule has 0 bridgehead atoms.